The second-order valence-electron chi connectivity index (χ2n) is 0.827. The van der Waals surface area contributed by atoms with Crippen molar-refractivity contribution >= 4 is 23.5 Å². The number of hydrogen-bond donors (Lipinski definition) is 1. The van der Waals surface area contributed by atoms with Crippen molar-refractivity contribution < 1.29 is 0 Å². The molecule has 2 N–H and O–H groups in total. The second kappa shape index (κ2) is 1.91. The van der Waals surface area contributed by atoms with Gasteiger partial charge in [-0.3, -0.25) is 0 Å². The fourth-order valence-corrected chi connectivity index (χ4v) is 1.49. The van der Waals surface area contributed by atoms with Gasteiger partial charge in [-0.05, 0) is 10.8 Å². The average Bonchev–Trinajstić information content (AvgIpc) is 1.86. The Labute approximate surface area is 45.4 Å². The molecule has 1 heterocycles. The largest absolute Gasteiger partial charge is 0.305 e. The van der Waals surface area contributed by atoms with Crippen LogP contribution in [0, 0.1) is 4.71 Å². The molecule has 0 aromatic heterocycles. The van der Waals surface area contributed by atoms with Gasteiger partial charge in [0.1, 0.15) is 0 Å². The predicted octanol–water partition coefficient (Wildman–Crippen LogP) is 1.34. The zero-order valence-corrected chi connectivity index (χ0v) is 4.68. The fourth-order valence-electron chi connectivity index (χ4n) is 0.217. The van der Waals surface area contributed by atoms with Crippen molar-refractivity contribution in [2.24, 2.45) is 5.73 Å². The van der Waals surface area contributed by atoms with E-state index < -0.39 is 0 Å². The van der Waals surface area contributed by atoms with Gasteiger partial charge < -0.3 is 5.73 Å². The first-order valence-corrected chi connectivity index (χ1v) is 3.26. The van der Waals surface area contributed by atoms with Crippen molar-refractivity contribution in [2.45, 2.75) is 0 Å². The zero-order valence-electron chi connectivity index (χ0n) is 3.05. The van der Waals surface area contributed by atoms with Crippen LogP contribution in [0.25, 0.3) is 0 Å². The molecule has 6 heavy (non-hydrogen) atoms. The molecule has 33 valence electrons. The molecule has 1 aliphatic rings. The third-order valence-electron chi connectivity index (χ3n) is 0.424. The van der Waals surface area contributed by atoms with E-state index in [4.69, 9.17) is 5.73 Å². The summed E-state index contributed by atoms with van der Waals surface area (Å²) in [7, 11) is 0. The van der Waals surface area contributed by atoms with Gasteiger partial charge >= 0.3 is 0 Å². The summed E-state index contributed by atoms with van der Waals surface area (Å²) < 4.78 is 0.926. The van der Waals surface area contributed by atoms with Crippen LogP contribution in [-0.4, -0.2) is 0 Å². The van der Waals surface area contributed by atoms with E-state index in [0.29, 0.717) is 0 Å². The highest BCUT2D eigenvalue weighted by Crippen LogP contribution is 2.34. The number of nitrogens with two attached hydrogens (primary N) is 1. The van der Waals surface area contributed by atoms with E-state index in [1.54, 1.807) is 23.5 Å². The van der Waals surface area contributed by atoms with Crippen LogP contribution in [-0.2, 0) is 0 Å². The Bertz CT molecular complexity index is 63.2. The fraction of sp³-hybridized carbons (Fsp3) is 0. The number of hydrogen-bond acceptors (Lipinski definition) is 3. The van der Waals surface area contributed by atoms with E-state index >= 15 is 0 Å². The molecule has 1 radical (unpaired) electrons. The summed E-state index contributed by atoms with van der Waals surface area (Å²) in [6.07, 6.45) is 0. The first kappa shape index (κ1) is 4.56. The summed E-state index contributed by atoms with van der Waals surface area (Å²) in [6, 6.07) is 0. The lowest BCUT2D eigenvalue weighted by atomic mass is 11.3. The van der Waals surface area contributed by atoms with Crippen LogP contribution in [0.4, 0.5) is 0 Å². The third-order valence-corrected chi connectivity index (χ3v) is 2.18. The van der Waals surface area contributed by atoms with Gasteiger partial charge in [0.2, 0.25) is 0 Å². The van der Waals surface area contributed by atoms with E-state index in [0.717, 1.165) is 4.71 Å². The zero-order chi connectivity index (χ0) is 4.41. The van der Waals surface area contributed by atoms with Gasteiger partial charge in [0, 0.05) is 0 Å². The molecule has 0 aromatic carbocycles. The maximum absolute atomic E-state index is 5.31. The molecule has 0 spiro atoms. The second-order valence-corrected chi connectivity index (χ2v) is 2.98. The third kappa shape index (κ3) is 0.929. The quantitative estimate of drug-likeness (QED) is 0.520. The van der Waals surface area contributed by atoms with Gasteiger partial charge in [-0.25, -0.2) is 0 Å². The SMILES string of the molecule is N[C]1SC=CS1. The Morgan fingerprint density at radius 3 is 2.00 bits per heavy atom. The van der Waals surface area contributed by atoms with Crippen molar-refractivity contribution in [3.63, 3.8) is 0 Å². The standard InChI is InChI=1S/C3H4NS2/c4-3-5-1-2-6-3/h1-2H,4H2. The topological polar surface area (TPSA) is 26.0 Å². The Kier molecular flexibility index (Phi) is 1.45. The Balaban J connectivity index is 2.32. The van der Waals surface area contributed by atoms with Gasteiger partial charge in [0.25, 0.3) is 0 Å². The molecular weight excluding hydrogens is 114 g/mol. The molecular formula is C3H4NS2. The minimum absolute atomic E-state index is 0.926. The molecule has 3 heteroatoms. The minimum Gasteiger partial charge on any atom is -0.305 e. The molecule has 0 unspecified atom stereocenters. The Hall–Kier alpha value is 0.400. The summed E-state index contributed by atoms with van der Waals surface area (Å²) in [4.78, 5) is 0. The van der Waals surface area contributed by atoms with Crippen LogP contribution in [0.5, 0.6) is 0 Å². The maximum Gasteiger partial charge on any atom is 0.155 e. The van der Waals surface area contributed by atoms with Crippen molar-refractivity contribution in [3.05, 3.63) is 15.5 Å². The van der Waals surface area contributed by atoms with Crippen LogP contribution in [0.2, 0.25) is 0 Å². The number of thioether (sulfide) groups is 2. The predicted molar refractivity (Wildman–Crippen MR) is 31.8 cm³/mol. The van der Waals surface area contributed by atoms with E-state index in [9.17, 15) is 0 Å². The van der Waals surface area contributed by atoms with E-state index in [1.165, 1.54) is 0 Å². The van der Waals surface area contributed by atoms with Crippen LogP contribution >= 0.6 is 23.5 Å². The monoisotopic (exact) mass is 118 g/mol. The normalized spacial score (nSPS) is 22.8. The summed E-state index contributed by atoms with van der Waals surface area (Å²) in [5.41, 5.74) is 5.31. The maximum atomic E-state index is 5.31. The van der Waals surface area contributed by atoms with E-state index in [1.807, 2.05) is 10.8 Å². The molecule has 0 saturated heterocycles. The molecule has 1 rings (SSSR count). The lowest BCUT2D eigenvalue weighted by molar-refractivity contribution is 1.53. The molecule has 1 nitrogen and oxygen atoms in total. The van der Waals surface area contributed by atoms with Gasteiger partial charge in [-0.1, -0.05) is 23.5 Å². The molecule has 0 aromatic rings. The lowest BCUT2D eigenvalue weighted by Crippen LogP contribution is -1.92. The molecule has 0 bridgehead atoms. The first-order valence-electron chi connectivity index (χ1n) is 1.50. The van der Waals surface area contributed by atoms with Crippen molar-refractivity contribution in [2.75, 3.05) is 0 Å². The van der Waals surface area contributed by atoms with Crippen molar-refractivity contribution in [3.8, 4) is 0 Å². The summed E-state index contributed by atoms with van der Waals surface area (Å²) in [5.74, 6) is 0. The summed E-state index contributed by atoms with van der Waals surface area (Å²) in [5, 5.41) is 3.94. The van der Waals surface area contributed by atoms with Gasteiger partial charge in [0.05, 0.1) is 0 Å². The van der Waals surface area contributed by atoms with Crippen LogP contribution in [0.3, 0.4) is 0 Å². The summed E-state index contributed by atoms with van der Waals surface area (Å²) >= 11 is 3.15. The van der Waals surface area contributed by atoms with Crippen LogP contribution in [0.15, 0.2) is 10.8 Å². The molecule has 0 aliphatic carbocycles. The average molecular weight is 118 g/mol. The van der Waals surface area contributed by atoms with E-state index in [2.05, 4.69) is 0 Å². The number of rotatable bonds is 0. The highest BCUT2D eigenvalue weighted by molar-refractivity contribution is 8.25. The molecule has 0 amide bonds. The van der Waals surface area contributed by atoms with Crippen LogP contribution < -0.4 is 5.73 Å². The van der Waals surface area contributed by atoms with Crippen LogP contribution in [0.1, 0.15) is 0 Å². The van der Waals surface area contributed by atoms with E-state index in [-0.39, 0.29) is 0 Å². The molecule has 0 fully saturated rings. The van der Waals surface area contributed by atoms with Gasteiger partial charge in [0.15, 0.2) is 4.71 Å². The first-order chi connectivity index (χ1) is 2.89. The smallest absolute Gasteiger partial charge is 0.155 e. The Morgan fingerprint density at radius 2 is 1.83 bits per heavy atom. The molecule has 0 saturated carbocycles. The highest BCUT2D eigenvalue weighted by Gasteiger charge is 2.03. The minimum atomic E-state index is 0.926. The summed E-state index contributed by atoms with van der Waals surface area (Å²) in [6.45, 7) is 0. The highest BCUT2D eigenvalue weighted by atomic mass is 32.2. The van der Waals surface area contributed by atoms with Crippen molar-refractivity contribution in [1.29, 1.82) is 0 Å². The van der Waals surface area contributed by atoms with Gasteiger partial charge in [-0.2, -0.15) is 0 Å². The van der Waals surface area contributed by atoms with Crippen molar-refractivity contribution in [1.82, 2.24) is 0 Å². The lowest BCUT2D eigenvalue weighted by Gasteiger charge is -1.89. The molecule has 0 atom stereocenters. The molecule has 1 aliphatic heterocycles. The van der Waals surface area contributed by atoms with Gasteiger partial charge in [-0.15, -0.1) is 0 Å². The Morgan fingerprint density at radius 1 is 1.33 bits per heavy atom.